The van der Waals surface area contributed by atoms with E-state index in [1.165, 1.54) is 12.1 Å². The zero-order chi connectivity index (χ0) is 14.6. The van der Waals surface area contributed by atoms with Crippen molar-refractivity contribution < 1.29 is 19.1 Å². The molecule has 0 aromatic heterocycles. The SMILES string of the molecule is CC(C)[C@H](NC(=O)Nc1ccc(Cl)c(F)c1)C(=O)O. The van der Waals surface area contributed by atoms with E-state index in [1.807, 2.05) is 0 Å². The van der Waals surface area contributed by atoms with Gasteiger partial charge in [-0.3, -0.25) is 0 Å². The van der Waals surface area contributed by atoms with Crippen molar-refractivity contribution in [2.24, 2.45) is 5.92 Å². The van der Waals surface area contributed by atoms with Crippen molar-refractivity contribution >= 4 is 29.3 Å². The van der Waals surface area contributed by atoms with Crippen LogP contribution in [0, 0.1) is 11.7 Å². The van der Waals surface area contributed by atoms with E-state index < -0.39 is 23.9 Å². The second-order valence-electron chi connectivity index (χ2n) is 4.29. The van der Waals surface area contributed by atoms with Crippen LogP contribution in [-0.4, -0.2) is 23.1 Å². The van der Waals surface area contributed by atoms with E-state index in [4.69, 9.17) is 16.7 Å². The van der Waals surface area contributed by atoms with E-state index in [9.17, 15) is 14.0 Å². The van der Waals surface area contributed by atoms with Crippen LogP contribution in [0.25, 0.3) is 0 Å². The molecule has 7 heteroatoms. The lowest BCUT2D eigenvalue weighted by molar-refractivity contribution is -0.140. The monoisotopic (exact) mass is 288 g/mol. The van der Waals surface area contributed by atoms with E-state index in [0.29, 0.717) is 0 Å². The van der Waals surface area contributed by atoms with Crippen LogP contribution in [0.2, 0.25) is 5.02 Å². The van der Waals surface area contributed by atoms with Crippen LogP contribution in [0.3, 0.4) is 0 Å². The lowest BCUT2D eigenvalue weighted by atomic mass is 10.1. The number of benzene rings is 1. The lowest BCUT2D eigenvalue weighted by Gasteiger charge is -2.18. The van der Waals surface area contributed by atoms with E-state index in [1.54, 1.807) is 13.8 Å². The summed E-state index contributed by atoms with van der Waals surface area (Å²) in [6.45, 7) is 3.34. The topological polar surface area (TPSA) is 78.4 Å². The summed E-state index contributed by atoms with van der Waals surface area (Å²) in [7, 11) is 0. The van der Waals surface area contributed by atoms with Crippen molar-refractivity contribution in [1.29, 1.82) is 0 Å². The van der Waals surface area contributed by atoms with Gasteiger partial charge in [-0.15, -0.1) is 0 Å². The van der Waals surface area contributed by atoms with Crippen LogP contribution in [0.4, 0.5) is 14.9 Å². The van der Waals surface area contributed by atoms with E-state index in [-0.39, 0.29) is 16.6 Å². The molecule has 0 unspecified atom stereocenters. The summed E-state index contributed by atoms with van der Waals surface area (Å²) in [6, 6.07) is 2.02. The normalized spacial score (nSPS) is 12.1. The Bertz CT molecular complexity index is 494. The minimum Gasteiger partial charge on any atom is -0.480 e. The highest BCUT2D eigenvalue weighted by atomic mass is 35.5. The average Bonchev–Trinajstić information content (AvgIpc) is 2.30. The van der Waals surface area contributed by atoms with Crippen LogP contribution in [-0.2, 0) is 4.79 Å². The second kappa shape index (κ2) is 6.38. The highest BCUT2D eigenvalue weighted by Gasteiger charge is 2.23. The molecule has 0 radical (unpaired) electrons. The summed E-state index contributed by atoms with van der Waals surface area (Å²) in [6.07, 6.45) is 0. The summed E-state index contributed by atoms with van der Waals surface area (Å²) in [5.74, 6) is -2.07. The highest BCUT2D eigenvalue weighted by Crippen LogP contribution is 2.18. The standard InChI is InChI=1S/C12H14ClFN2O3/c1-6(2)10(11(17)18)16-12(19)15-7-3-4-8(13)9(14)5-7/h3-6,10H,1-2H3,(H,17,18)(H2,15,16,19)/t10-/m0/s1. The van der Waals surface area contributed by atoms with E-state index in [2.05, 4.69) is 10.6 Å². The van der Waals surface area contributed by atoms with Crippen molar-refractivity contribution in [3.05, 3.63) is 29.0 Å². The van der Waals surface area contributed by atoms with Gasteiger partial charge in [0.25, 0.3) is 0 Å². The molecule has 0 spiro atoms. The molecule has 0 aliphatic rings. The number of hydrogen-bond acceptors (Lipinski definition) is 2. The molecule has 0 fully saturated rings. The predicted molar refractivity (Wildman–Crippen MR) is 69.8 cm³/mol. The van der Waals surface area contributed by atoms with Gasteiger partial charge >= 0.3 is 12.0 Å². The van der Waals surface area contributed by atoms with Crippen LogP contribution >= 0.6 is 11.6 Å². The first kappa shape index (κ1) is 15.2. The number of carbonyl (C=O) groups is 2. The maximum absolute atomic E-state index is 13.2. The largest absolute Gasteiger partial charge is 0.480 e. The Morgan fingerprint density at radius 2 is 2.00 bits per heavy atom. The Labute approximate surface area is 114 Å². The van der Waals surface area contributed by atoms with Gasteiger partial charge in [0.2, 0.25) is 0 Å². The molecule has 0 saturated carbocycles. The Morgan fingerprint density at radius 1 is 1.37 bits per heavy atom. The fraction of sp³-hybridized carbons (Fsp3) is 0.333. The smallest absolute Gasteiger partial charge is 0.326 e. The molecule has 2 amide bonds. The Morgan fingerprint density at radius 3 is 2.47 bits per heavy atom. The molecule has 1 aromatic rings. The quantitative estimate of drug-likeness (QED) is 0.797. The molecule has 0 bridgehead atoms. The Hall–Kier alpha value is -1.82. The third-order valence-electron chi connectivity index (χ3n) is 2.40. The maximum atomic E-state index is 13.2. The molecule has 0 aliphatic carbocycles. The predicted octanol–water partition coefficient (Wildman–Crippen LogP) is 2.71. The minimum absolute atomic E-state index is 0.0587. The zero-order valence-corrected chi connectivity index (χ0v) is 11.2. The van der Waals surface area contributed by atoms with Gasteiger partial charge in [-0.05, 0) is 24.1 Å². The number of urea groups is 1. The molecule has 1 aromatic carbocycles. The summed E-state index contributed by atoms with van der Waals surface area (Å²) in [4.78, 5) is 22.5. The highest BCUT2D eigenvalue weighted by molar-refractivity contribution is 6.30. The van der Waals surface area contributed by atoms with Gasteiger partial charge in [0, 0.05) is 5.69 Å². The number of nitrogens with one attached hydrogen (secondary N) is 2. The molecular formula is C12H14ClFN2O3. The minimum atomic E-state index is -1.13. The van der Waals surface area contributed by atoms with Crippen LogP contribution < -0.4 is 10.6 Å². The molecular weight excluding hydrogens is 275 g/mol. The number of aliphatic carboxylic acids is 1. The molecule has 0 saturated heterocycles. The van der Waals surface area contributed by atoms with Gasteiger partial charge in [0.1, 0.15) is 11.9 Å². The van der Waals surface area contributed by atoms with Crippen molar-refractivity contribution in [3.63, 3.8) is 0 Å². The number of anilines is 1. The third kappa shape index (κ3) is 4.40. The Balaban J connectivity index is 2.69. The number of carboxylic acid groups (broad SMARTS) is 1. The number of rotatable bonds is 4. The maximum Gasteiger partial charge on any atom is 0.326 e. The summed E-state index contributed by atoms with van der Waals surface area (Å²) in [5, 5.41) is 13.5. The van der Waals surface area contributed by atoms with Crippen molar-refractivity contribution in [3.8, 4) is 0 Å². The van der Waals surface area contributed by atoms with Gasteiger partial charge in [0.15, 0.2) is 0 Å². The van der Waals surface area contributed by atoms with E-state index in [0.717, 1.165) is 6.07 Å². The molecule has 0 aliphatic heterocycles. The lowest BCUT2D eigenvalue weighted by Crippen LogP contribution is -2.46. The number of halogens is 2. The zero-order valence-electron chi connectivity index (χ0n) is 10.4. The average molecular weight is 289 g/mol. The van der Waals surface area contributed by atoms with Gasteiger partial charge < -0.3 is 15.7 Å². The third-order valence-corrected chi connectivity index (χ3v) is 2.70. The van der Waals surface area contributed by atoms with Gasteiger partial charge in [-0.25, -0.2) is 14.0 Å². The number of amides is 2. The number of hydrogen-bond donors (Lipinski definition) is 3. The fourth-order valence-corrected chi connectivity index (χ4v) is 1.51. The molecule has 104 valence electrons. The number of carbonyl (C=O) groups excluding carboxylic acids is 1. The first-order valence-corrected chi connectivity index (χ1v) is 5.94. The van der Waals surface area contributed by atoms with Crippen molar-refractivity contribution in [2.45, 2.75) is 19.9 Å². The number of carboxylic acids is 1. The van der Waals surface area contributed by atoms with Gasteiger partial charge in [0.05, 0.1) is 5.02 Å². The van der Waals surface area contributed by atoms with E-state index >= 15 is 0 Å². The molecule has 19 heavy (non-hydrogen) atoms. The fourth-order valence-electron chi connectivity index (χ4n) is 1.40. The van der Waals surface area contributed by atoms with Crippen molar-refractivity contribution in [1.82, 2.24) is 5.32 Å². The summed E-state index contributed by atoms with van der Waals surface area (Å²) in [5.41, 5.74) is 0.187. The summed E-state index contributed by atoms with van der Waals surface area (Å²) < 4.78 is 13.2. The first-order valence-electron chi connectivity index (χ1n) is 5.56. The molecule has 1 atom stereocenters. The van der Waals surface area contributed by atoms with Crippen LogP contribution in [0.15, 0.2) is 18.2 Å². The Kier molecular flexibility index (Phi) is 5.11. The molecule has 0 heterocycles. The van der Waals surface area contributed by atoms with Crippen LogP contribution in [0.1, 0.15) is 13.8 Å². The molecule has 3 N–H and O–H groups in total. The van der Waals surface area contributed by atoms with Crippen LogP contribution in [0.5, 0.6) is 0 Å². The second-order valence-corrected chi connectivity index (χ2v) is 4.69. The van der Waals surface area contributed by atoms with Gasteiger partial charge in [-0.2, -0.15) is 0 Å². The summed E-state index contributed by atoms with van der Waals surface area (Å²) >= 11 is 5.50. The molecule has 5 nitrogen and oxygen atoms in total. The first-order chi connectivity index (χ1) is 8.81. The molecule has 1 rings (SSSR count). The van der Waals surface area contributed by atoms with Gasteiger partial charge in [-0.1, -0.05) is 25.4 Å². The van der Waals surface area contributed by atoms with Crippen molar-refractivity contribution in [2.75, 3.05) is 5.32 Å².